The van der Waals surface area contributed by atoms with Crippen molar-refractivity contribution in [2.24, 2.45) is 22.7 Å². The Morgan fingerprint density at radius 2 is 1.95 bits per heavy atom. The van der Waals surface area contributed by atoms with E-state index in [4.69, 9.17) is 0 Å². The van der Waals surface area contributed by atoms with E-state index in [1.165, 1.54) is 6.92 Å². The van der Waals surface area contributed by atoms with Gasteiger partial charge in [-0.15, -0.1) is 0 Å². The highest BCUT2D eigenvalue weighted by molar-refractivity contribution is 7.90. The maximum absolute atomic E-state index is 12.6. The van der Waals surface area contributed by atoms with Gasteiger partial charge in [-0.1, -0.05) is 20.8 Å². The number of fused-ring (bicyclic) bond motifs is 1. The van der Waals surface area contributed by atoms with Crippen molar-refractivity contribution in [1.82, 2.24) is 4.31 Å². The molecule has 3 fully saturated rings. The molecule has 0 radical (unpaired) electrons. The Balaban J connectivity index is 2.03. The monoisotopic (exact) mass is 315 g/mol. The third-order valence-corrected chi connectivity index (χ3v) is 8.66. The third kappa shape index (κ3) is 1.72. The lowest BCUT2D eigenvalue weighted by Gasteiger charge is -2.37. The summed E-state index contributed by atoms with van der Waals surface area (Å²) in [5.41, 5.74) is -0.321. The fraction of sp³-hybridized carbons (Fsp3) is 0.933. The smallest absolute Gasteiger partial charge is 0.241 e. The van der Waals surface area contributed by atoms with Crippen molar-refractivity contribution in [3.8, 4) is 0 Å². The Kier molecular flexibility index (Phi) is 3.07. The molecule has 3 rings (SSSR count). The quantitative estimate of drug-likeness (QED) is 0.835. The zero-order chi connectivity index (χ0) is 15.8. The normalized spacial score (nSPS) is 41.9. The van der Waals surface area contributed by atoms with Gasteiger partial charge in [0.25, 0.3) is 0 Å². The van der Waals surface area contributed by atoms with Gasteiger partial charge in [0.2, 0.25) is 15.9 Å². The van der Waals surface area contributed by atoms with E-state index >= 15 is 0 Å². The molecule has 21 heavy (non-hydrogen) atoms. The standard InChI is InChI=1S/C15H25NO4S/c1-9(10(2)17)13(18)16-12-7-11-5-6-15(12,14(11,3)4)8-21(16,19)20/h9-12,17H,5-8H2,1-4H3/t9-,10-,11+,12+,15+/m0/s1. The van der Waals surface area contributed by atoms with Gasteiger partial charge in [-0.2, -0.15) is 0 Å². The summed E-state index contributed by atoms with van der Waals surface area (Å²) in [5.74, 6) is -0.533. The van der Waals surface area contributed by atoms with Crippen LogP contribution in [0.15, 0.2) is 0 Å². The second-order valence-electron chi connectivity index (χ2n) is 7.78. The first kappa shape index (κ1) is 15.3. The van der Waals surface area contributed by atoms with Crippen LogP contribution < -0.4 is 0 Å². The molecule has 1 spiro atoms. The average Bonchev–Trinajstić information content (AvgIpc) is 2.83. The van der Waals surface area contributed by atoms with E-state index in [0.717, 1.165) is 23.6 Å². The number of aliphatic hydroxyl groups excluding tert-OH is 1. The van der Waals surface area contributed by atoms with Crippen molar-refractivity contribution in [2.45, 2.75) is 59.1 Å². The van der Waals surface area contributed by atoms with Crippen LogP contribution >= 0.6 is 0 Å². The van der Waals surface area contributed by atoms with Crippen LogP contribution in [0, 0.1) is 22.7 Å². The van der Waals surface area contributed by atoms with E-state index < -0.39 is 28.0 Å². The highest BCUT2D eigenvalue weighted by Gasteiger charge is 2.72. The first-order chi connectivity index (χ1) is 9.54. The fourth-order valence-corrected chi connectivity index (χ4v) is 7.60. The number of amides is 1. The summed E-state index contributed by atoms with van der Waals surface area (Å²) in [4.78, 5) is 12.6. The predicted molar refractivity (Wildman–Crippen MR) is 78.8 cm³/mol. The van der Waals surface area contributed by atoms with E-state index in [1.807, 2.05) is 0 Å². The Morgan fingerprint density at radius 1 is 1.33 bits per heavy atom. The number of sulfonamides is 1. The third-order valence-electron chi connectivity index (χ3n) is 6.74. The number of carbonyl (C=O) groups is 1. The molecule has 0 aromatic carbocycles. The Morgan fingerprint density at radius 3 is 2.48 bits per heavy atom. The van der Waals surface area contributed by atoms with Gasteiger partial charge < -0.3 is 5.11 Å². The van der Waals surface area contributed by atoms with Crippen LogP contribution in [0.1, 0.15) is 47.0 Å². The number of carbonyl (C=O) groups excluding carboxylic acids is 1. The van der Waals surface area contributed by atoms with E-state index in [9.17, 15) is 18.3 Å². The number of nitrogens with zero attached hydrogens (tertiary/aromatic N) is 1. The summed E-state index contributed by atoms with van der Waals surface area (Å²) in [6, 6.07) is -0.204. The van der Waals surface area contributed by atoms with Crippen molar-refractivity contribution in [3.63, 3.8) is 0 Å². The van der Waals surface area contributed by atoms with Gasteiger partial charge in [-0.25, -0.2) is 12.7 Å². The molecular weight excluding hydrogens is 290 g/mol. The van der Waals surface area contributed by atoms with E-state index in [2.05, 4.69) is 13.8 Å². The Labute approximate surface area is 126 Å². The molecule has 1 aliphatic heterocycles. The SMILES string of the molecule is C[C@H](O)[C@H](C)C(=O)N1[C@@H]2C[C@H]3CC[C@]2(CS1(=O)=O)C3(C)C. The molecule has 1 amide bonds. The summed E-state index contributed by atoms with van der Waals surface area (Å²) < 4.78 is 26.4. The van der Waals surface area contributed by atoms with Crippen LogP contribution in [0.5, 0.6) is 0 Å². The highest BCUT2D eigenvalue weighted by atomic mass is 32.2. The summed E-state index contributed by atoms with van der Waals surface area (Å²) in [6.07, 6.45) is 1.90. The van der Waals surface area contributed by atoms with Crippen LogP contribution in [-0.2, 0) is 14.8 Å². The minimum Gasteiger partial charge on any atom is -0.393 e. The molecule has 2 saturated carbocycles. The summed E-state index contributed by atoms with van der Waals surface area (Å²) in [7, 11) is -3.57. The van der Waals surface area contributed by atoms with Gasteiger partial charge in [0.05, 0.1) is 23.8 Å². The van der Waals surface area contributed by atoms with E-state index in [1.54, 1.807) is 6.92 Å². The maximum Gasteiger partial charge on any atom is 0.241 e. The molecule has 3 aliphatic rings. The highest BCUT2D eigenvalue weighted by Crippen LogP contribution is 2.70. The number of hydrogen-bond acceptors (Lipinski definition) is 4. The van der Waals surface area contributed by atoms with Crippen LogP contribution in [0.4, 0.5) is 0 Å². The maximum atomic E-state index is 12.6. The lowest BCUT2D eigenvalue weighted by molar-refractivity contribution is -0.135. The first-order valence-corrected chi connectivity index (χ1v) is 9.39. The molecule has 0 unspecified atom stereocenters. The lowest BCUT2D eigenvalue weighted by atomic mass is 9.69. The van der Waals surface area contributed by atoms with Crippen molar-refractivity contribution < 1.29 is 18.3 Å². The van der Waals surface area contributed by atoms with Gasteiger partial charge in [0.15, 0.2) is 0 Å². The van der Waals surface area contributed by atoms with Gasteiger partial charge >= 0.3 is 0 Å². The predicted octanol–water partition coefficient (Wildman–Crippen LogP) is 1.37. The summed E-state index contributed by atoms with van der Waals surface area (Å²) >= 11 is 0. The van der Waals surface area contributed by atoms with Gasteiger partial charge in [-0.3, -0.25) is 4.79 Å². The molecule has 120 valence electrons. The molecular formula is C15H25NO4S. The van der Waals surface area contributed by atoms with Crippen molar-refractivity contribution in [2.75, 3.05) is 5.75 Å². The Hall–Kier alpha value is -0.620. The van der Waals surface area contributed by atoms with Crippen LogP contribution in [-0.4, -0.2) is 41.6 Å². The molecule has 5 atom stereocenters. The minimum absolute atomic E-state index is 0.0339. The molecule has 0 aromatic heterocycles. The molecule has 2 bridgehead atoms. The zero-order valence-electron chi connectivity index (χ0n) is 13.2. The van der Waals surface area contributed by atoms with E-state index in [0.29, 0.717) is 5.92 Å². The average molecular weight is 315 g/mol. The molecule has 1 N–H and O–H groups in total. The largest absolute Gasteiger partial charge is 0.393 e. The summed E-state index contributed by atoms with van der Waals surface area (Å²) in [5, 5.41) is 9.65. The van der Waals surface area contributed by atoms with Crippen LogP contribution in [0.3, 0.4) is 0 Å². The second kappa shape index (κ2) is 4.22. The van der Waals surface area contributed by atoms with Crippen molar-refractivity contribution >= 4 is 15.9 Å². The number of aliphatic hydroxyl groups is 1. The van der Waals surface area contributed by atoms with E-state index in [-0.39, 0.29) is 22.6 Å². The molecule has 2 aliphatic carbocycles. The van der Waals surface area contributed by atoms with Crippen molar-refractivity contribution in [1.29, 1.82) is 0 Å². The molecule has 6 heteroatoms. The zero-order valence-corrected chi connectivity index (χ0v) is 14.0. The van der Waals surface area contributed by atoms with Gasteiger partial charge in [-0.05, 0) is 37.5 Å². The number of hydrogen-bond donors (Lipinski definition) is 1. The molecule has 0 aromatic rings. The molecule has 1 heterocycles. The topological polar surface area (TPSA) is 74.7 Å². The Bertz CT molecular complexity index is 582. The van der Waals surface area contributed by atoms with Crippen LogP contribution in [0.25, 0.3) is 0 Å². The summed E-state index contributed by atoms with van der Waals surface area (Å²) in [6.45, 7) is 7.45. The minimum atomic E-state index is -3.57. The molecule has 5 nitrogen and oxygen atoms in total. The number of rotatable bonds is 2. The van der Waals surface area contributed by atoms with Crippen molar-refractivity contribution in [3.05, 3.63) is 0 Å². The second-order valence-corrected chi connectivity index (χ2v) is 9.63. The van der Waals surface area contributed by atoms with Gasteiger partial charge in [0, 0.05) is 5.41 Å². The van der Waals surface area contributed by atoms with Gasteiger partial charge in [0.1, 0.15) is 0 Å². The molecule has 1 saturated heterocycles. The first-order valence-electron chi connectivity index (χ1n) is 7.78. The lowest BCUT2D eigenvalue weighted by Crippen LogP contribution is -2.47. The fourth-order valence-electron chi connectivity index (χ4n) is 4.99. The van der Waals surface area contributed by atoms with Crippen LogP contribution in [0.2, 0.25) is 0 Å².